The molecule has 0 aromatic heterocycles. The standard InChI is InChI=1S/C20H27F3N2O.ClH/c1-24-19(26)18(14-8-10-15(11-9-14)20(21,22)23)16-6-2-3-7-17(16)25-12-4-5-13-25;/h8-11,16-18H,2-7,12-13H2,1H3,(H,24,26);1H. The maximum atomic E-state index is 12.9. The van der Waals surface area contributed by atoms with Gasteiger partial charge in [0.05, 0.1) is 11.5 Å². The largest absolute Gasteiger partial charge is 0.416 e. The van der Waals surface area contributed by atoms with E-state index in [0.717, 1.165) is 50.9 Å². The Morgan fingerprint density at radius 2 is 1.67 bits per heavy atom. The molecule has 0 bridgehead atoms. The van der Waals surface area contributed by atoms with Gasteiger partial charge in [-0.25, -0.2) is 0 Å². The third kappa shape index (κ3) is 4.96. The molecule has 1 saturated carbocycles. The van der Waals surface area contributed by atoms with Crippen LogP contribution in [0.4, 0.5) is 13.2 Å². The summed E-state index contributed by atoms with van der Waals surface area (Å²) in [4.78, 5) is 15.2. The summed E-state index contributed by atoms with van der Waals surface area (Å²) in [7, 11) is 1.60. The molecule has 3 rings (SSSR count). The molecule has 3 unspecified atom stereocenters. The monoisotopic (exact) mass is 404 g/mol. The first-order valence-corrected chi connectivity index (χ1v) is 9.54. The predicted molar refractivity (Wildman–Crippen MR) is 102 cm³/mol. The Morgan fingerprint density at radius 1 is 1.07 bits per heavy atom. The van der Waals surface area contributed by atoms with E-state index in [4.69, 9.17) is 0 Å². The molecule has 3 atom stereocenters. The van der Waals surface area contributed by atoms with Crippen molar-refractivity contribution in [2.75, 3.05) is 20.1 Å². The third-order valence-corrected chi connectivity index (χ3v) is 5.95. The molecule has 7 heteroatoms. The summed E-state index contributed by atoms with van der Waals surface area (Å²) in [5, 5.41) is 2.74. The van der Waals surface area contributed by atoms with Gasteiger partial charge in [-0.2, -0.15) is 13.2 Å². The minimum absolute atomic E-state index is 0. The van der Waals surface area contributed by atoms with E-state index in [0.29, 0.717) is 11.6 Å². The molecule has 1 aromatic carbocycles. The number of likely N-dealkylation sites (tertiary alicyclic amines) is 1. The summed E-state index contributed by atoms with van der Waals surface area (Å²) in [5.74, 6) is -0.340. The minimum Gasteiger partial charge on any atom is -0.359 e. The van der Waals surface area contributed by atoms with Crippen LogP contribution >= 0.6 is 12.4 Å². The van der Waals surface area contributed by atoms with Crippen molar-refractivity contribution in [3.05, 3.63) is 35.4 Å². The Bertz CT molecular complexity index is 615. The molecule has 1 heterocycles. The number of nitrogens with one attached hydrogen (secondary N) is 1. The third-order valence-electron chi connectivity index (χ3n) is 5.95. The zero-order chi connectivity index (χ0) is 18.7. The number of rotatable bonds is 4. The van der Waals surface area contributed by atoms with Crippen LogP contribution in [-0.4, -0.2) is 37.0 Å². The second-order valence-electron chi connectivity index (χ2n) is 7.47. The molecule has 2 fully saturated rings. The number of likely N-dealkylation sites (N-methyl/N-ethyl adjacent to an activating group) is 1. The highest BCUT2D eigenvalue weighted by Crippen LogP contribution is 2.40. The highest BCUT2D eigenvalue weighted by atomic mass is 35.5. The second-order valence-corrected chi connectivity index (χ2v) is 7.47. The van der Waals surface area contributed by atoms with E-state index in [1.165, 1.54) is 25.0 Å². The van der Waals surface area contributed by atoms with Gasteiger partial charge in [0, 0.05) is 13.1 Å². The van der Waals surface area contributed by atoms with E-state index >= 15 is 0 Å². The fourth-order valence-corrected chi connectivity index (χ4v) is 4.68. The van der Waals surface area contributed by atoms with E-state index in [1.54, 1.807) is 7.05 Å². The van der Waals surface area contributed by atoms with E-state index in [-0.39, 0.29) is 24.2 Å². The molecule has 1 aliphatic heterocycles. The zero-order valence-electron chi connectivity index (χ0n) is 15.6. The van der Waals surface area contributed by atoms with E-state index < -0.39 is 17.7 Å². The van der Waals surface area contributed by atoms with Crippen LogP contribution in [0.3, 0.4) is 0 Å². The van der Waals surface area contributed by atoms with Gasteiger partial charge in [0.2, 0.25) is 5.91 Å². The number of amides is 1. The van der Waals surface area contributed by atoms with Gasteiger partial charge in [-0.3, -0.25) is 4.79 Å². The van der Waals surface area contributed by atoms with Crippen molar-refractivity contribution in [2.24, 2.45) is 5.92 Å². The molecule has 3 nitrogen and oxygen atoms in total. The van der Waals surface area contributed by atoms with Crippen molar-refractivity contribution >= 4 is 18.3 Å². The Labute approximate surface area is 165 Å². The van der Waals surface area contributed by atoms with Crippen molar-refractivity contribution in [3.8, 4) is 0 Å². The van der Waals surface area contributed by atoms with Crippen molar-refractivity contribution < 1.29 is 18.0 Å². The maximum Gasteiger partial charge on any atom is 0.416 e. The molecule has 0 spiro atoms. The van der Waals surface area contributed by atoms with Gasteiger partial charge in [-0.15, -0.1) is 12.4 Å². The smallest absolute Gasteiger partial charge is 0.359 e. The molecule has 1 aromatic rings. The summed E-state index contributed by atoms with van der Waals surface area (Å²) in [6.07, 6.45) is 2.26. The van der Waals surface area contributed by atoms with Crippen LogP contribution in [0.15, 0.2) is 24.3 Å². The van der Waals surface area contributed by atoms with Crippen LogP contribution in [0.1, 0.15) is 55.6 Å². The van der Waals surface area contributed by atoms with Crippen molar-refractivity contribution in [1.29, 1.82) is 0 Å². The molecule has 2 aliphatic rings. The Hall–Kier alpha value is -1.27. The number of alkyl halides is 3. The van der Waals surface area contributed by atoms with E-state index in [1.807, 2.05) is 0 Å². The van der Waals surface area contributed by atoms with Crippen LogP contribution in [0, 0.1) is 5.92 Å². The molecule has 0 radical (unpaired) electrons. The van der Waals surface area contributed by atoms with Crippen molar-refractivity contribution in [3.63, 3.8) is 0 Å². The lowest BCUT2D eigenvalue weighted by atomic mass is 9.72. The van der Waals surface area contributed by atoms with Gasteiger partial charge in [-0.1, -0.05) is 25.0 Å². The summed E-state index contributed by atoms with van der Waals surface area (Å²) in [5.41, 5.74) is 0.0186. The normalized spacial score (nSPS) is 24.9. The van der Waals surface area contributed by atoms with Crippen LogP contribution < -0.4 is 5.32 Å². The summed E-state index contributed by atoms with van der Waals surface area (Å²) in [6, 6.07) is 5.50. The number of carbonyl (C=O) groups excluding carboxylic acids is 1. The van der Waals surface area contributed by atoms with Crippen LogP contribution in [0.5, 0.6) is 0 Å². The van der Waals surface area contributed by atoms with Gasteiger partial charge < -0.3 is 10.2 Å². The van der Waals surface area contributed by atoms with Gasteiger partial charge in [0.25, 0.3) is 0 Å². The first-order valence-electron chi connectivity index (χ1n) is 9.54. The van der Waals surface area contributed by atoms with Gasteiger partial charge in [0.15, 0.2) is 0 Å². The average Bonchev–Trinajstić information content (AvgIpc) is 3.16. The Morgan fingerprint density at radius 3 is 2.22 bits per heavy atom. The van der Waals surface area contributed by atoms with Gasteiger partial charge in [0.1, 0.15) is 0 Å². The molecule has 1 aliphatic carbocycles. The molecule has 27 heavy (non-hydrogen) atoms. The Kier molecular flexibility index (Phi) is 7.57. The molecular weight excluding hydrogens is 377 g/mol. The van der Waals surface area contributed by atoms with Crippen LogP contribution in [-0.2, 0) is 11.0 Å². The molecule has 152 valence electrons. The number of nitrogens with zero attached hydrogens (tertiary/aromatic N) is 1. The molecule has 1 saturated heterocycles. The second kappa shape index (κ2) is 9.28. The lowest BCUT2D eigenvalue weighted by Gasteiger charge is -2.41. The molecular formula is C20H28ClF3N2O. The number of hydrogen-bond donors (Lipinski definition) is 1. The molecule has 1 N–H and O–H groups in total. The first kappa shape index (κ1) is 22.0. The van der Waals surface area contributed by atoms with Gasteiger partial charge >= 0.3 is 6.18 Å². The minimum atomic E-state index is -4.36. The topological polar surface area (TPSA) is 32.3 Å². The summed E-state index contributed by atoms with van der Waals surface area (Å²) in [6.45, 7) is 2.13. The average molecular weight is 405 g/mol. The SMILES string of the molecule is CNC(=O)C(c1ccc(C(F)(F)F)cc1)C1CCCCC1N1CCCC1.Cl. The summed E-state index contributed by atoms with van der Waals surface area (Å²) < 4.78 is 38.6. The predicted octanol–water partition coefficient (Wildman–Crippen LogP) is 4.61. The first-order chi connectivity index (χ1) is 12.4. The quantitative estimate of drug-likeness (QED) is 0.794. The lowest BCUT2D eigenvalue weighted by Crippen LogP contribution is -2.46. The number of halogens is 4. The van der Waals surface area contributed by atoms with E-state index in [2.05, 4.69) is 10.2 Å². The fourth-order valence-electron chi connectivity index (χ4n) is 4.68. The zero-order valence-corrected chi connectivity index (χ0v) is 16.4. The van der Waals surface area contributed by atoms with Gasteiger partial charge in [-0.05, 0) is 62.4 Å². The van der Waals surface area contributed by atoms with Crippen molar-refractivity contribution in [1.82, 2.24) is 10.2 Å². The summed E-state index contributed by atoms with van der Waals surface area (Å²) >= 11 is 0. The van der Waals surface area contributed by atoms with Crippen LogP contribution in [0.2, 0.25) is 0 Å². The number of carbonyl (C=O) groups is 1. The highest BCUT2D eigenvalue weighted by molar-refractivity contribution is 5.85. The van der Waals surface area contributed by atoms with Crippen molar-refractivity contribution in [2.45, 2.75) is 56.7 Å². The Balaban J connectivity index is 0.00000261. The highest BCUT2D eigenvalue weighted by Gasteiger charge is 2.40. The lowest BCUT2D eigenvalue weighted by molar-refractivity contribution is -0.137. The number of benzene rings is 1. The maximum absolute atomic E-state index is 12.9. The van der Waals surface area contributed by atoms with E-state index in [9.17, 15) is 18.0 Å². The fraction of sp³-hybridized carbons (Fsp3) is 0.650. The molecule has 1 amide bonds. The number of hydrogen-bond acceptors (Lipinski definition) is 2. The van der Waals surface area contributed by atoms with Crippen LogP contribution in [0.25, 0.3) is 0 Å².